The molecule has 5 nitrogen and oxygen atoms in total. The standard InChI is InChI=1S/C9H20N4O/c1-9(2,3)12-8(10)11-6-7(14)13(4)5/h6H2,1-5H3,(H3,10,11,12). The largest absolute Gasteiger partial charge is 0.370 e. The fourth-order valence-electron chi connectivity index (χ4n) is 0.718. The number of nitrogens with one attached hydrogen (secondary N) is 1. The third-order valence-corrected chi connectivity index (χ3v) is 1.39. The van der Waals surface area contributed by atoms with Crippen LogP contribution in [0.2, 0.25) is 0 Å². The number of carbonyl (C=O) groups excluding carboxylic acids is 1. The third-order valence-electron chi connectivity index (χ3n) is 1.39. The molecule has 14 heavy (non-hydrogen) atoms. The molecular weight excluding hydrogens is 180 g/mol. The van der Waals surface area contributed by atoms with E-state index in [4.69, 9.17) is 5.73 Å². The summed E-state index contributed by atoms with van der Waals surface area (Å²) in [5.41, 5.74) is 5.45. The monoisotopic (exact) mass is 200 g/mol. The van der Waals surface area contributed by atoms with Crippen LogP contribution in [-0.2, 0) is 4.79 Å². The Kier molecular flexibility index (Phi) is 4.40. The first-order chi connectivity index (χ1) is 6.22. The summed E-state index contributed by atoms with van der Waals surface area (Å²) in [5.74, 6) is 0.233. The molecule has 0 atom stereocenters. The van der Waals surface area contributed by atoms with E-state index in [9.17, 15) is 4.79 Å². The maximum absolute atomic E-state index is 11.1. The van der Waals surface area contributed by atoms with Gasteiger partial charge in [-0.3, -0.25) is 4.79 Å². The molecule has 0 saturated carbocycles. The average molecular weight is 200 g/mol. The van der Waals surface area contributed by atoms with E-state index in [0.717, 1.165) is 0 Å². The van der Waals surface area contributed by atoms with Gasteiger partial charge < -0.3 is 16.0 Å². The van der Waals surface area contributed by atoms with Gasteiger partial charge in [-0.25, -0.2) is 4.99 Å². The lowest BCUT2D eigenvalue weighted by Crippen LogP contribution is -2.45. The topological polar surface area (TPSA) is 70.7 Å². The van der Waals surface area contributed by atoms with Gasteiger partial charge in [0.2, 0.25) is 5.91 Å². The van der Waals surface area contributed by atoms with E-state index >= 15 is 0 Å². The quantitative estimate of drug-likeness (QED) is 0.478. The minimum absolute atomic E-state index is 0.0661. The van der Waals surface area contributed by atoms with Crippen LogP contribution in [0.3, 0.4) is 0 Å². The second kappa shape index (κ2) is 4.83. The Morgan fingerprint density at radius 1 is 1.43 bits per heavy atom. The molecule has 5 heteroatoms. The molecule has 3 N–H and O–H groups in total. The van der Waals surface area contributed by atoms with Crippen molar-refractivity contribution in [3.63, 3.8) is 0 Å². The average Bonchev–Trinajstić information content (AvgIpc) is 1.96. The van der Waals surface area contributed by atoms with Crippen LogP contribution in [0.15, 0.2) is 4.99 Å². The van der Waals surface area contributed by atoms with Crippen molar-refractivity contribution in [2.24, 2.45) is 10.7 Å². The molecule has 1 amide bonds. The van der Waals surface area contributed by atoms with Gasteiger partial charge in [0.15, 0.2) is 5.96 Å². The highest BCUT2D eigenvalue weighted by molar-refractivity contribution is 5.84. The lowest BCUT2D eigenvalue weighted by molar-refractivity contribution is -0.127. The highest BCUT2D eigenvalue weighted by Gasteiger charge is 2.10. The second-order valence-corrected chi connectivity index (χ2v) is 4.36. The normalized spacial score (nSPS) is 12.5. The molecule has 0 fully saturated rings. The van der Waals surface area contributed by atoms with Crippen molar-refractivity contribution in [2.45, 2.75) is 26.3 Å². The molecule has 0 heterocycles. The number of hydrogen-bond acceptors (Lipinski definition) is 2. The van der Waals surface area contributed by atoms with Crippen LogP contribution < -0.4 is 11.1 Å². The predicted octanol–water partition coefficient (Wildman–Crippen LogP) is -0.223. The number of rotatable bonds is 2. The van der Waals surface area contributed by atoms with E-state index in [0.29, 0.717) is 5.96 Å². The Morgan fingerprint density at radius 3 is 2.29 bits per heavy atom. The number of guanidine groups is 1. The summed E-state index contributed by atoms with van der Waals surface area (Å²) in [7, 11) is 3.37. The first-order valence-corrected chi connectivity index (χ1v) is 4.50. The molecule has 0 aromatic carbocycles. The molecule has 0 bridgehead atoms. The van der Waals surface area contributed by atoms with Gasteiger partial charge in [-0.15, -0.1) is 0 Å². The van der Waals surface area contributed by atoms with Gasteiger partial charge in [0, 0.05) is 19.6 Å². The summed E-state index contributed by atoms with van der Waals surface area (Å²) < 4.78 is 0. The second-order valence-electron chi connectivity index (χ2n) is 4.36. The van der Waals surface area contributed by atoms with Crippen LogP contribution in [0.1, 0.15) is 20.8 Å². The van der Waals surface area contributed by atoms with Crippen LogP contribution in [0.25, 0.3) is 0 Å². The molecule has 0 radical (unpaired) electrons. The van der Waals surface area contributed by atoms with Crippen molar-refractivity contribution in [3.05, 3.63) is 0 Å². The summed E-state index contributed by atoms with van der Waals surface area (Å²) in [5, 5.41) is 2.97. The van der Waals surface area contributed by atoms with Gasteiger partial charge in [0.25, 0.3) is 0 Å². The molecule has 0 unspecified atom stereocenters. The number of likely N-dealkylation sites (N-methyl/N-ethyl adjacent to an activating group) is 1. The Labute approximate surface area is 85.4 Å². The first-order valence-electron chi connectivity index (χ1n) is 4.50. The summed E-state index contributed by atoms with van der Waals surface area (Å²) >= 11 is 0. The van der Waals surface area contributed by atoms with Crippen LogP contribution in [0.5, 0.6) is 0 Å². The minimum atomic E-state index is -0.130. The molecular formula is C9H20N4O. The zero-order valence-electron chi connectivity index (χ0n) is 9.59. The Hall–Kier alpha value is -1.26. The summed E-state index contributed by atoms with van der Waals surface area (Å²) in [6.45, 7) is 6.01. The summed E-state index contributed by atoms with van der Waals surface area (Å²) in [6.07, 6.45) is 0. The highest BCUT2D eigenvalue weighted by atomic mass is 16.2. The number of aliphatic imine (C=N–C) groups is 1. The maximum Gasteiger partial charge on any atom is 0.243 e. The van der Waals surface area contributed by atoms with Gasteiger partial charge in [-0.05, 0) is 20.8 Å². The fraction of sp³-hybridized carbons (Fsp3) is 0.778. The lowest BCUT2D eigenvalue weighted by atomic mass is 10.1. The van der Waals surface area contributed by atoms with Crippen LogP contribution in [0.4, 0.5) is 0 Å². The third kappa shape index (κ3) is 6.28. The zero-order valence-corrected chi connectivity index (χ0v) is 9.59. The Morgan fingerprint density at radius 2 is 1.93 bits per heavy atom. The predicted molar refractivity (Wildman–Crippen MR) is 58.1 cm³/mol. The highest BCUT2D eigenvalue weighted by Crippen LogP contribution is 1.96. The van der Waals surface area contributed by atoms with Crippen molar-refractivity contribution in [2.75, 3.05) is 20.6 Å². The molecule has 0 rings (SSSR count). The van der Waals surface area contributed by atoms with Crippen LogP contribution >= 0.6 is 0 Å². The summed E-state index contributed by atoms with van der Waals surface area (Å²) in [6, 6.07) is 0. The minimum Gasteiger partial charge on any atom is -0.370 e. The number of nitrogens with zero attached hydrogens (tertiary/aromatic N) is 2. The number of amides is 1. The van der Waals surface area contributed by atoms with Crippen molar-refractivity contribution in [1.82, 2.24) is 10.2 Å². The van der Waals surface area contributed by atoms with Gasteiger partial charge >= 0.3 is 0 Å². The maximum atomic E-state index is 11.1. The number of hydrogen-bond donors (Lipinski definition) is 2. The van der Waals surface area contributed by atoms with Gasteiger partial charge in [-0.1, -0.05) is 0 Å². The van der Waals surface area contributed by atoms with E-state index in [2.05, 4.69) is 10.3 Å². The van der Waals surface area contributed by atoms with Crippen molar-refractivity contribution < 1.29 is 4.79 Å². The Balaban J connectivity index is 4.07. The molecule has 0 aliphatic heterocycles. The molecule has 0 aromatic heterocycles. The van der Waals surface area contributed by atoms with E-state index in [1.807, 2.05) is 20.8 Å². The molecule has 0 aromatic rings. The molecule has 0 aliphatic rings. The first kappa shape index (κ1) is 12.7. The van der Waals surface area contributed by atoms with E-state index in [1.54, 1.807) is 14.1 Å². The van der Waals surface area contributed by atoms with E-state index in [1.165, 1.54) is 4.90 Å². The zero-order chi connectivity index (χ0) is 11.4. The van der Waals surface area contributed by atoms with Gasteiger partial charge in [-0.2, -0.15) is 0 Å². The number of carbonyl (C=O) groups is 1. The van der Waals surface area contributed by atoms with E-state index in [-0.39, 0.29) is 18.0 Å². The molecule has 0 aliphatic carbocycles. The SMILES string of the molecule is CN(C)C(=O)CN=C(N)NC(C)(C)C. The van der Waals surface area contributed by atoms with Gasteiger partial charge in [0.05, 0.1) is 0 Å². The lowest BCUT2D eigenvalue weighted by Gasteiger charge is -2.21. The van der Waals surface area contributed by atoms with E-state index < -0.39 is 0 Å². The molecule has 82 valence electrons. The van der Waals surface area contributed by atoms with Crippen molar-refractivity contribution in [3.8, 4) is 0 Å². The smallest absolute Gasteiger partial charge is 0.243 e. The fourth-order valence-corrected chi connectivity index (χ4v) is 0.718. The van der Waals surface area contributed by atoms with Crippen molar-refractivity contribution >= 4 is 11.9 Å². The van der Waals surface area contributed by atoms with Crippen molar-refractivity contribution in [1.29, 1.82) is 0 Å². The summed E-state index contributed by atoms with van der Waals surface area (Å²) in [4.78, 5) is 16.6. The molecule has 0 saturated heterocycles. The van der Waals surface area contributed by atoms with Crippen LogP contribution in [0, 0.1) is 0 Å². The van der Waals surface area contributed by atoms with Gasteiger partial charge in [0.1, 0.15) is 6.54 Å². The Bertz CT molecular complexity index is 227. The number of nitrogens with two attached hydrogens (primary N) is 1. The molecule has 0 spiro atoms. The van der Waals surface area contributed by atoms with Crippen LogP contribution in [-0.4, -0.2) is 42.9 Å².